The highest BCUT2D eigenvalue weighted by Gasteiger charge is 2.32. The molecule has 0 saturated carbocycles. The minimum Gasteiger partial charge on any atom is -0.478 e. The van der Waals surface area contributed by atoms with Crippen LogP contribution in [-0.2, 0) is 16.1 Å². The van der Waals surface area contributed by atoms with Gasteiger partial charge in [0.05, 0.1) is 16.7 Å². The maximum atomic E-state index is 12.4. The first-order valence-electron chi connectivity index (χ1n) is 7.95. The number of piperidine rings is 1. The van der Waals surface area contributed by atoms with Crippen LogP contribution in [0.3, 0.4) is 0 Å². The summed E-state index contributed by atoms with van der Waals surface area (Å²) in [5.74, 6) is 0.458. The highest BCUT2D eigenvalue weighted by Crippen LogP contribution is 2.25. The first kappa shape index (κ1) is 17.8. The van der Waals surface area contributed by atoms with Crippen molar-refractivity contribution in [1.29, 1.82) is 0 Å². The number of likely N-dealkylation sites (tertiary alicyclic amines) is 1. The number of hydrogen-bond acceptors (Lipinski definition) is 5. The second-order valence-electron chi connectivity index (χ2n) is 5.82. The fraction of sp³-hybridized carbons (Fsp3) is 0.471. The van der Waals surface area contributed by atoms with Gasteiger partial charge in [-0.25, -0.2) is 4.79 Å². The summed E-state index contributed by atoms with van der Waals surface area (Å²) in [4.78, 5) is 24.4. The van der Waals surface area contributed by atoms with E-state index in [1.807, 2.05) is 6.92 Å². The first-order valence-corrected chi connectivity index (χ1v) is 7.95. The van der Waals surface area contributed by atoms with Crippen molar-refractivity contribution in [2.45, 2.75) is 39.5 Å². The van der Waals surface area contributed by atoms with Crippen molar-refractivity contribution < 1.29 is 19.2 Å². The lowest BCUT2D eigenvalue weighted by Gasteiger charge is -2.36. The number of benzene rings is 1. The van der Waals surface area contributed by atoms with Crippen LogP contribution in [0.5, 0.6) is 0 Å². The number of amides is 1. The van der Waals surface area contributed by atoms with Crippen LogP contribution in [0, 0.1) is 16.0 Å². The molecule has 2 atom stereocenters. The Bertz CT molecular complexity index is 617. The maximum absolute atomic E-state index is 12.4. The second kappa shape index (κ2) is 8.33. The molecule has 1 fully saturated rings. The Kier molecular flexibility index (Phi) is 6.17. The molecule has 1 saturated heterocycles. The lowest BCUT2D eigenvalue weighted by atomic mass is 9.98. The van der Waals surface area contributed by atoms with Gasteiger partial charge in [-0.15, -0.1) is 0 Å². The highest BCUT2D eigenvalue weighted by molar-refractivity contribution is 5.68. The Hall–Kier alpha value is -2.57. The predicted octanol–water partition coefficient (Wildman–Crippen LogP) is 3.84. The van der Waals surface area contributed by atoms with Crippen LogP contribution in [0.25, 0.3) is 0 Å². The number of carbonyl (C=O) groups is 1. The number of carbonyl (C=O) groups excluding carboxylic acids is 1. The normalized spacial score (nSPS) is 20.8. The van der Waals surface area contributed by atoms with E-state index in [-0.39, 0.29) is 18.5 Å². The van der Waals surface area contributed by atoms with Crippen molar-refractivity contribution in [2.24, 2.45) is 5.92 Å². The van der Waals surface area contributed by atoms with E-state index in [1.54, 1.807) is 30.5 Å². The highest BCUT2D eigenvalue weighted by atomic mass is 16.6. The van der Waals surface area contributed by atoms with E-state index in [0.717, 1.165) is 12.8 Å². The van der Waals surface area contributed by atoms with Crippen molar-refractivity contribution in [1.82, 2.24) is 4.90 Å². The fourth-order valence-electron chi connectivity index (χ4n) is 2.63. The zero-order valence-corrected chi connectivity index (χ0v) is 13.9. The third-order valence-electron chi connectivity index (χ3n) is 3.96. The smallest absolute Gasteiger partial charge is 0.413 e. The average Bonchev–Trinajstić information content (AvgIpc) is 2.58. The molecule has 1 aliphatic rings. The van der Waals surface area contributed by atoms with Crippen molar-refractivity contribution in [3.05, 3.63) is 52.3 Å². The van der Waals surface area contributed by atoms with Gasteiger partial charge in [0.15, 0.2) is 6.23 Å². The molecule has 7 nitrogen and oxygen atoms in total. The van der Waals surface area contributed by atoms with E-state index in [2.05, 4.69) is 6.92 Å². The molecule has 2 unspecified atom stereocenters. The number of nitro groups is 1. The molecule has 2 rings (SSSR count). The molecule has 0 bridgehead atoms. The molecular weight excluding hydrogens is 312 g/mol. The van der Waals surface area contributed by atoms with Crippen LogP contribution in [-0.4, -0.2) is 28.7 Å². The Morgan fingerprint density at radius 3 is 2.92 bits per heavy atom. The number of nitrogens with zero attached hydrogens (tertiary/aromatic N) is 2. The average molecular weight is 334 g/mol. The largest absolute Gasteiger partial charge is 0.478 e. The van der Waals surface area contributed by atoms with Gasteiger partial charge in [-0.2, -0.15) is 0 Å². The third kappa shape index (κ3) is 4.47. The molecule has 1 heterocycles. The second-order valence-corrected chi connectivity index (χ2v) is 5.82. The van der Waals surface area contributed by atoms with E-state index in [0.29, 0.717) is 18.0 Å². The minimum absolute atomic E-state index is 0.0562. The molecule has 0 spiro atoms. The van der Waals surface area contributed by atoms with Gasteiger partial charge in [0.2, 0.25) is 0 Å². The van der Waals surface area contributed by atoms with E-state index in [1.165, 1.54) is 11.0 Å². The molecule has 0 aromatic heterocycles. The van der Waals surface area contributed by atoms with Crippen molar-refractivity contribution in [3.8, 4) is 0 Å². The monoisotopic (exact) mass is 334 g/mol. The van der Waals surface area contributed by atoms with Crippen LogP contribution in [0.4, 0.5) is 10.5 Å². The molecule has 130 valence electrons. The molecule has 1 aliphatic heterocycles. The van der Waals surface area contributed by atoms with Crippen LogP contribution in [0.2, 0.25) is 0 Å². The number of nitro benzene ring substituents is 1. The summed E-state index contributed by atoms with van der Waals surface area (Å²) in [6.07, 6.45) is 4.03. The zero-order valence-electron chi connectivity index (χ0n) is 13.9. The lowest BCUT2D eigenvalue weighted by molar-refractivity contribution is -0.385. The van der Waals surface area contributed by atoms with Crippen molar-refractivity contribution >= 4 is 11.8 Å². The van der Waals surface area contributed by atoms with Gasteiger partial charge in [-0.1, -0.05) is 25.1 Å². The summed E-state index contributed by atoms with van der Waals surface area (Å²) in [5, 5.41) is 11.0. The van der Waals surface area contributed by atoms with Gasteiger partial charge in [0.1, 0.15) is 6.61 Å². The van der Waals surface area contributed by atoms with Gasteiger partial charge in [0.25, 0.3) is 5.69 Å². The third-order valence-corrected chi connectivity index (χ3v) is 3.96. The van der Waals surface area contributed by atoms with E-state index >= 15 is 0 Å². The molecule has 1 aromatic rings. The van der Waals surface area contributed by atoms with Gasteiger partial charge in [0, 0.05) is 19.0 Å². The molecule has 7 heteroatoms. The van der Waals surface area contributed by atoms with Crippen molar-refractivity contribution in [2.75, 3.05) is 6.54 Å². The molecule has 0 aliphatic carbocycles. The molecule has 0 radical (unpaired) electrons. The van der Waals surface area contributed by atoms with E-state index < -0.39 is 11.0 Å². The summed E-state index contributed by atoms with van der Waals surface area (Å²) in [6, 6.07) is 6.23. The molecular formula is C17H22N2O5. The number of rotatable bonds is 5. The lowest BCUT2D eigenvalue weighted by Crippen LogP contribution is -2.46. The Balaban J connectivity index is 2.01. The molecule has 1 amide bonds. The number of allylic oxidation sites excluding steroid dienone is 1. The van der Waals surface area contributed by atoms with Crippen molar-refractivity contribution in [3.63, 3.8) is 0 Å². The predicted molar refractivity (Wildman–Crippen MR) is 88.1 cm³/mol. The molecule has 24 heavy (non-hydrogen) atoms. The summed E-state index contributed by atoms with van der Waals surface area (Å²) >= 11 is 0. The number of ether oxygens (including phenoxy) is 2. The Labute approximate surface area is 141 Å². The molecule has 1 aromatic carbocycles. The van der Waals surface area contributed by atoms with E-state index in [9.17, 15) is 14.9 Å². The summed E-state index contributed by atoms with van der Waals surface area (Å²) < 4.78 is 10.9. The number of para-hydroxylation sites is 1. The summed E-state index contributed by atoms with van der Waals surface area (Å²) in [5.41, 5.74) is 0.312. The fourth-order valence-corrected chi connectivity index (χ4v) is 2.63. The minimum atomic E-state index is -0.519. The first-order chi connectivity index (χ1) is 11.5. The topological polar surface area (TPSA) is 81.9 Å². The quantitative estimate of drug-likeness (QED) is 0.464. The molecule has 0 N–H and O–H groups in total. The zero-order chi connectivity index (χ0) is 17.5. The van der Waals surface area contributed by atoms with Crippen LogP contribution in [0.1, 0.15) is 32.3 Å². The Morgan fingerprint density at radius 2 is 2.21 bits per heavy atom. The standard InChI is InChI=1S/C17H22N2O5/c1-3-10-23-16-11-13(2)8-9-18(16)17(20)24-12-14-6-4-5-7-15(14)19(21)22/h3-7,10,13,16H,8-9,11-12H2,1-2H3. The van der Waals surface area contributed by atoms with Gasteiger partial charge < -0.3 is 9.47 Å². The van der Waals surface area contributed by atoms with Crippen LogP contribution < -0.4 is 0 Å². The van der Waals surface area contributed by atoms with E-state index in [4.69, 9.17) is 9.47 Å². The van der Waals surface area contributed by atoms with Crippen LogP contribution >= 0.6 is 0 Å². The van der Waals surface area contributed by atoms with Gasteiger partial charge >= 0.3 is 6.09 Å². The number of hydrogen-bond donors (Lipinski definition) is 0. The van der Waals surface area contributed by atoms with Gasteiger partial charge in [-0.3, -0.25) is 15.0 Å². The Morgan fingerprint density at radius 1 is 1.46 bits per heavy atom. The van der Waals surface area contributed by atoms with Crippen LogP contribution in [0.15, 0.2) is 36.6 Å². The SMILES string of the molecule is CC=COC1CC(C)CCN1C(=O)OCc1ccccc1[N+](=O)[O-]. The summed E-state index contributed by atoms with van der Waals surface area (Å²) in [6.45, 7) is 4.35. The summed E-state index contributed by atoms with van der Waals surface area (Å²) in [7, 11) is 0. The maximum Gasteiger partial charge on any atom is 0.413 e. The van der Waals surface area contributed by atoms with Gasteiger partial charge in [-0.05, 0) is 25.3 Å².